The van der Waals surface area contributed by atoms with Crippen LogP contribution >= 0.6 is 11.3 Å². The first-order valence-electron chi connectivity index (χ1n) is 8.92. The monoisotopic (exact) mass is 383 g/mol. The number of benzene rings is 1. The highest BCUT2D eigenvalue weighted by Crippen LogP contribution is 2.35. The average molecular weight is 383 g/mol. The zero-order valence-corrected chi connectivity index (χ0v) is 16.0. The summed E-state index contributed by atoms with van der Waals surface area (Å²) in [7, 11) is 0. The molecule has 4 aromatic heterocycles. The molecule has 0 amide bonds. The molecule has 5 aromatic rings. The number of hydrogen-bond donors (Lipinski definition) is 1. The van der Waals surface area contributed by atoms with Gasteiger partial charge in [0.1, 0.15) is 5.65 Å². The predicted molar refractivity (Wildman–Crippen MR) is 114 cm³/mol. The van der Waals surface area contributed by atoms with E-state index in [0.717, 1.165) is 44.4 Å². The van der Waals surface area contributed by atoms with Gasteiger partial charge in [-0.05, 0) is 36.1 Å². The molecule has 0 bridgehead atoms. The third-order valence-electron chi connectivity index (χ3n) is 4.65. The van der Waals surface area contributed by atoms with Crippen molar-refractivity contribution >= 4 is 22.9 Å². The summed E-state index contributed by atoms with van der Waals surface area (Å²) in [6, 6.07) is 20.3. The van der Waals surface area contributed by atoms with E-state index in [1.165, 1.54) is 0 Å². The van der Waals surface area contributed by atoms with Crippen molar-refractivity contribution < 1.29 is 0 Å². The molecule has 0 atom stereocenters. The molecule has 0 aliphatic carbocycles. The maximum atomic E-state index is 6.09. The Morgan fingerprint density at radius 3 is 2.50 bits per heavy atom. The van der Waals surface area contributed by atoms with Gasteiger partial charge < -0.3 is 5.73 Å². The van der Waals surface area contributed by atoms with E-state index in [9.17, 15) is 0 Å². The van der Waals surface area contributed by atoms with Crippen LogP contribution in [0, 0.1) is 6.92 Å². The van der Waals surface area contributed by atoms with Gasteiger partial charge in [-0.3, -0.25) is 4.40 Å². The lowest BCUT2D eigenvalue weighted by atomic mass is 10.1. The van der Waals surface area contributed by atoms with E-state index < -0.39 is 0 Å². The minimum atomic E-state index is 0.252. The van der Waals surface area contributed by atoms with Gasteiger partial charge in [0.25, 0.3) is 0 Å². The summed E-state index contributed by atoms with van der Waals surface area (Å²) in [6.07, 6.45) is 2.01. The lowest BCUT2D eigenvalue weighted by Gasteiger charge is -2.08. The Balaban J connectivity index is 1.83. The topological polar surface area (TPSA) is 69.1 Å². The third-order valence-corrected chi connectivity index (χ3v) is 5.54. The normalized spacial score (nSPS) is 11.2. The molecule has 28 heavy (non-hydrogen) atoms. The highest BCUT2D eigenvalue weighted by molar-refractivity contribution is 7.13. The summed E-state index contributed by atoms with van der Waals surface area (Å²) in [6.45, 7) is 2.06. The lowest BCUT2D eigenvalue weighted by Crippen LogP contribution is -2.00. The van der Waals surface area contributed by atoms with Crippen molar-refractivity contribution in [3.63, 3.8) is 0 Å². The van der Waals surface area contributed by atoms with Gasteiger partial charge >= 0.3 is 0 Å². The number of imidazole rings is 1. The van der Waals surface area contributed by atoms with Crippen molar-refractivity contribution in [2.45, 2.75) is 6.92 Å². The predicted octanol–water partition coefficient (Wildman–Crippen LogP) is 5.08. The number of rotatable bonds is 3. The van der Waals surface area contributed by atoms with Gasteiger partial charge in [-0.15, -0.1) is 11.3 Å². The molecule has 0 radical (unpaired) electrons. The second-order valence-corrected chi connectivity index (χ2v) is 7.48. The Bertz CT molecular complexity index is 1270. The molecule has 5 rings (SSSR count). The molecule has 0 aliphatic rings. The van der Waals surface area contributed by atoms with Crippen LogP contribution in [-0.4, -0.2) is 19.4 Å². The fourth-order valence-corrected chi connectivity index (χ4v) is 4.07. The number of thiophene rings is 1. The first-order chi connectivity index (χ1) is 13.7. The molecule has 6 heteroatoms. The summed E-state index contributed by atoms with van der Waals surface area (Å²) < 4.78 is 2.08. The zero-order chi connectivity index (χ0) is 19.1. The van der Waals surface area contributed by atoms with Gasteiger partial charge in [0.05, 0.1) is 27.7 Å². The number of anilines is 1. The molecule has 0 unspecified atom stereocenters. The summed E-state index contributed by atoms with van der Waals surface area (Å²) in [5, 5.41) is 2.03. The first kappa shape index (κ1) is 16.6. The maximum Gasteiger partial charge on any atom is 0.221 e. The molecule has 0 fully saturated rings. The number of aryl methyl sites for hydroxylation is 1. The molecule has 1 aromatic carbocycles. The Kier molecular flexibility index (Phi) is 3.91. The Labute approximate surface area is 166 Å². The number of pyridine rings is 1. The minimum absolute atomic E-state index is 0.252. The van der Waals surface area contributed by atoms with E-state index in [0.29, 0.717) is 0 Å². The largest absolute Gasteiger partial charge is 0.368 e. The van der Waals surface area contributed by atoms with Crippen LogP contribution in [0.3, 0.4) is 0 Å². The van der Waals surface area contributed by atoms with Gasteiger partial charge in [0, 0.05) is 11.8 Å². The lowest BCUT2D eigenvalue weighted by molar-refractivity contribution is 1.13. The van der Waals surface area contributed by atoms with E-state index in [2.05, 4.69) is 39.5 Å². The minimum Gasteiger partial charge on any atom is -0.368 e. The van der Waals surface area contributed by atoms with Gasteiger partial charge in [-0.2, -0.15) is 0 Å². The van der Waals surface area contributed by atoms with Crippen molar-refractivity contribution in [3.8, 4) is 33.2 Å². The smallest absolute Gasteiger partial charge is 0.221 e. The summed E-state index contributed by atoms with van der Waals surface area (Å²) in [5.41, 5.74) is 12.5. The second-order valence-electron chi connectivity index (χ2n) is 6.53. The van der Waals surface area contributed by atoms with E-state index in [-0.39, 0.29) is 5.95 Å². The van der Waals surface area contributed by atoms with Crippen LogP contribution < -0.4 is 5.73 Å². The average Bonchev–Trinajstić information content (AvgIpc) is 3.37. The standard InChI is InChI=1S/C22H17N5S/c1-14-7-5-11-27-20(19(26-21(14)27)15-8-3-2-4-9-15)17-13-16(24-22(23)25-17)18-10-6-12-28-18/h2-13H,1H3,(H2,23,24,25). The SMILES string of the molecule is Cc1cccn2c(-c3cc(-c4cccs4)nc(N)n3)c(-c3ccccc3)nc12. The van der Waals surface area contributed by atoms with Gasteiger partial charge in [0.2, 0.25) is 5.95 Å². The van der Waals surface area contributed by atoms with Gasteiger partial charge in [-0.1, -0.05) is 42.5 Å². The molecule has 4 heterocycles. The highest BCUT2D eigenvalue weighted by atomic mass is 32.1. The summed E-state index contributed by atoms with van der Waals surface area (Å²) >= 11 is 1.63. The van der Waals surface area contributed by atoms with Crippen LogP contribution in [0.5, 0.6) is 0 Å². The maximum absolute atomic E-state index is 6.09. The van der Waals surface area contributed by atoms with E-state index in [1.807, 2.05) is 54.0 Å². The molecule has 0 saturated carbocycles. The highest BCUT2D eigenvalue weighted by Gasteiger charge is 2.19. The van der Waals surface area contributed by atoms with Crippen molar-refractivity contribution in [1.29, 1.82) is 0 Å². The fourth-order valence-electron chi connectivity index (χ4n) is 3.38. The number of aromatic nitrogens is 4. The summed E-state index contributed by atoms with van der Waals surface area (Å²) in [4.78, 5) is 15.0. The number of nitrogens with two attached hydrogens (primary N) is 1. The van der Waals surface area contributed by atoms with Crippen LogP contribution in [0.4, 0.5) is 5.95 Å². The summed E-state index contributed by atoms with van der Waals surface area (Å²) in [5.74, 6) is 0.252. The first-order valence-corrected chi connectivity index (χ1v) is 9.80. The van der Waals surface area contributed by atoms with E-state index in [1.54, 1.807) is 11.3 Å². The second kappa shape index (κ2) is 6.58. The van der Waals surface area contributed by atoms with Crippen LogP contribution in [0.1, 0.15) is 5.56 Å². The van der Waals surface area contributed by atoms with Crippen molar-refractivity contribution in [2.24, 2.45) is 0 Å². The van der Waals surface area contributed by atoms with Crippen molar-refractivity contribution in [2.75, 3.05) is 5.73 Å². The third kappa shape index (κ3) is 2.75. The zero-order valence-electron chi connectivity index (χ0n) is 15.2. The van der Waals surface area contributed by atoms with E-state index in [4.69, 9.17) is 10.7 Å². The quantitative estimate of drug-likeness (QED) is 0.472. The molecule has 0 aliphatic heterocycles. The van der Waals surface area contributed by atoms with Crippen molar-refractivity contribution in [1.82, 2.24) is 19.4 Å². The molecular weight excluding hydrogens is 366 g/mol. The number of nitrogens with zero attached hydrogens (tertiary/aromatic N) is 4. The molecule has 136 valence electrons. The molecule has 0 spiro atoms. The number of hydrogen-bond acceptors (Lipinski definition) is 5. The fraction of sp³-hybridized carbons (Fsp3) is 0.0455. The van der Waals surface area contributed by atoms with Crippen LogP contribution in [0.25, 0.3) is 38.9 Å². The van der Waals surface area contributed by atoms with Gasteiger partial charge in [0.15, 0.2) is 0 Å². The van der Waals surface area contributed by atoms with Crippen LogP contribution in [0.15, 0.2) is 72.2 Å². The van der Waals surface area contributed by atoms with Gasteiger partial charge in [-0.25, -0.2) is 15.0 Å². The van der Waals surface area contributed by atoms with Crippen LogP contribution in [0.2, 0.25) is 0 Å². The van der Waals surface area contributed by atoms with Crippen LogP contribution in [-0.2, 0) is 0 Å². The molecule has 2 N–H and O–H groups in total. The Morgan fingerprint density at radius 1 is 0.893 bits per heavy atom. The van der Waals surface area contributed by atoms with E-state index >= 15 is 0 Å². The number of nitrogen functional groups attached to an aromatic ring is 1. The Morgan fingerprint density at radius 2 is 1.71 bits per heavy atom. The number of fused-ring (bicyclic) bond motifs is 1. The Hall–Kier alpha value is -3.51. The molecular formula is C22H17N5S. The molecule has 0 saturated heterocycles. The van der Waals surface area contributed by atoms with Crippen molar-refractivity contribution in [3.05, 3.63) is 77.8 Å². The molecule has 5 nitrogen and oxygen atoms in total.